The predicted octanol–water partition coefficient (Wildman–Crippen LogP) is 1.46. The van der Waals surface area contributed by atoms with E-state index in [0.717, 1.165) is 12.0 Å². The molecule has 9 heteroatoms. The van der Waals surface area contributed by atoms with Crippen LogP contribution in [-0.4, -0.2) is 82.0 Å². The average molecular weight is 413 g/mol. The van der Waals surface area contributed by atoms with Crippen LogP contribution in [0.15, 0.2) is 24.3 Å². The fraction of sp³-hybridized carbons (Fsp3) is 0.632. The van der Waals surface area contributed by atoms with Gasteiger partial charge in [0, 0.05) is 38.8 Å². The van der Waals surface area contributed by atoms with Gasteiger partial charge in [-0.15, -0.1) is 0 Å². The molecular formula is C19H32N4O4S. The van der Waals surface area contributed by atoms with Gasteiger partial charge >= 0.3 is 6.09 Å². The molecule has 1 atom stereocenters. The molecule has 0 aromatic heterocycles. The van der Waals surface area contributed by atoms with Crippen molar-refractivity contribution in [1.29, 1.82) is 0 Å². The molecule has 158 valence electrons. The van der Waals surface area contributed by atoms with Crippen LogP contribution in [0.2, 0.25) is 0 Å². The normalized spacial score (nSPS) is 17.0. The van der Waals surface area contributed by atoms with Crippen LogP contribution in [-0.2, 0) is 21.4 Å². The Morgan fingerprint density at radius 1 is 1.14 bits per heavy atom. The lowest BCUT2D eigenvalue weighted by Gasteiger charge is -2.34. The van der Waals surface area contributed by atoms with Crippen molar-refractivity contribution in [3.8, 4) is 0 Å². The quantitative estimate of drug-likeness (QED) is 0.699. The summed E-state index contributed by atoms with van der Waals surface area (Å²) in [7, 11) is 0.254. The Morgan fingerprint density at radius 2 is 1.75 bits per heavy atom. The molecule has 0 radical (unpaired) electrons. The van der Waals surface area contributed by atoms with Crippen LogP contribution in [0.4, 0.5) is 4.79 Å². The first kappa shape index (κ1) is 22.6. The predicted molar refractivity (Wildman–Crippen MR) is 109 cm³/mol. The number of nitrogens with zero attached hydrogens (tertiary/aromatic N) is 3. The lowest BCUT2D eigenvalue weighted by molar-refractivity contribution is 0.0932. The van der Waals surface area contributed by atoms with Crippen LogP contribution in [0.25, 0.3) is 0 Å². The standard InChI is InChI=1S/C19H32N4O4S/c1-5-16-7-9-17(10-8-16)18(21(3)4)15-20-28(25,26)23-13-11-22(12-14-23)19(24)27-6-2/h7-10,18,20H,5-6,11-15H2,1-4H3. The lowest BCUT2D eigenvalue weighted by atomic mass is 10.0. The van der Waals surface area contributed by atoms with E-state index in [4.69, 9.17) is 4.74 Å². The molecule has 1 aliphatic rings. The molecule has 0 bridgehead atoms. The maximum Gasteiger partial charge on any atom is 0.409 e. The minimum absolute atomic E-state index is 0.0681. The molecule has 28 heavy (non-hydrogen) atoms. The topological polar surface area (TPSA) is 82.2 Å². The van der Waals surface area contributed by atoms with E-state index < -0.39 is 16.3 Å². The number of carbonyl (C=O) groups excluding carboxylic acids is 1. The van der Waals surface area contributed by atoms with Crippen molar-refractivity contribution >= 4 is 16.3 Å². The van der Waals surface area contributed by atoms with Crippen molar-refractivity contribution in [2.45, 2.75) is 26.3 Å². The van der Waals surface area contributed by atoms with Crippen LogP contribution in [0.1, 0.15) is 31.0 Å². The van der Waals surface area contributed by atoms with Gasteiger partial charge in [0.1, 0.15) is 0 Å². The minimum Gasteiger partial charge on any atom is -0.450 e. The fourth-order valence-corrected chi connectivity index (χ4v) is 4.37. The SMILES string of the molecule is CCOC(=O)N1CCN(S(=O)(=O)NCC(c2ccc(CC)cc2)N(C)C)CC1. The van der Waals surface area contributed by atoms with Crippen LogP contribution >= 0.6 is 0 Å². The summed E-state index contributed by atoms with van der Waals surface area (Å²) >= 11 is 0. The summed E-state index contributed by atoms with van der Waals surface area (Å²) in [5.41, 5.74) is 2.32. The second kappa shape index (κ2) is 10.2. The largest absolute Gasteiger partial charge is 0.450 e. The first-order valence-corrected chi connectivity index (χ1v) is 11.1. The van der Waals surface area contributed by atoms with Gasteiger partial charge in [0.25, 0.3) is 10.2 Å². The zero-order valence-electron chi connectivity index (χ0n) is 17.2. The van der Waals surface area contributed by atoms with Gasteiger partial charge in [0.05, 0.1) is 6.61 Å². The number of carbonyl (C=O) groups is 1. The van der Waals surface area contributed by atoms with E-state index in [-0.39, 0.29) is 25.7 Å². The van der Waals surface area contributed by atoms with Crippen molar-refractivity contribution in [2.75, 3.05) is 53.4 Å². The molecule has 1 saturated heterocycles. The molecule has 1 unspecified atom stereocenters. The van der Waals surface area contributed by atoms with Crippen molar-refractivity contribution in [2.24, 2.45) is 0 Å². The molecule has 1 N–H and O–H groups in total. The van der Waals surface area contributed by atoms with E-state index in [0.29, 0.717) is 19.7 Å². The van der Waals surface area contributed by atoms with Gasteiger partial charge in [-0.05, 0) is 38.6 Å². The highest BCUT2D eigenvalue weighted by molar-refractivity contribution is 7.87. The Balaban J connectivity index is 1.96. The van der Waals surface area contributed by atoms with E-state index in [2.05, 4.69) is 35.9 Å². The summed E-state index contributed by atoms with van der Waals surface area (Å²) in [6, 6.07) is 8.19. The third-order valence-electron chi connectivity index (χ3n) is 4.96. The number of rotatable bonds is 8. The van der Waals surface area contributed by atoms with Crippen molar-refractivity contribution in [3.63, 3.8) is 0 Å². The van der Waals surface area contributed by atoms with Crippen LogP contribution < -0.4 is 4.72 Å². The summed E-state index contributed by atoms with van der Waals surface area (Å²) in [5, 5.41) is 0. The summed E-state index contributed by atoms with van der Waals surface area (Å²) in [5.74, 6) is 0. The van der Waals surface area contributed by atoms with Gasteiger partial charge in [0.2, 0.25) is 0 Å². The molecule has 2 rings (SSSR count). The average Bonchev–Trinajstić information content (AvgIpc) is 2.68. The van der Waals surface area contributed by atoms with Gasteiger partial charge in [-0.3, -0.25) is 0 Å². The van der Waals surface area contributed by atoms with E-state index in [1.807, 2.05) is 19.0 Å². The number of nitrogens with one attached hydrogen (secondary N) is 1. The highest BCUT2D eigenvalue weighted by Gasteiger charge is 2.30. The number of ether oxygens (including phenoxy) is 1. The number of aryl methyl sites for hydroxylation is 1. The zero-order valence-corrected chi connectivity index (χ0v) is 18.0. The van der Waals surface area contributed by atoms with Crippen molar-refractivity contribution in [1.82, 2.24) is 18.8 Å². The van der Waals surface area contributed by atoms with Gasteiger partial charge in [-0.2, -0.15) is 12.7 Å². The second-order valence-electron chi connectivity index (χ2n) is 7.01. The van der Waals surface area contributed by atoms with Gasteiger partial charge in [0.15, 0.2) is 0 Å². The number of piperazine rings is 1. The number of hydrogen-bond acceptors (Lipinski definition) is 5. The molecule has 1 aromatic carbocycles. The summed E-state index contributed by atoms with van der Waals surface area (Å²) in [4.78, 5) is 15.3. The first-order chi connectivity index (χ1) is 13.3. The Labute approximate surface area is 168 Å². The number of benzene rings is 1. The van der Waals surface area contributed by atoms with E-state index >= 15 is 0 Å². The Morgan fingerprint density at radius 3 is 2.25 bits per heavy atom. The smallest absolute Gasteiger partial charge is 0.409 e. The third kappa shape index (κ3) is 5.91. The lowest BCUT2D eigenvalue weighted by Crippen LogP contribution is -2.54. The molecule has 0 aliphatic carbocycles. The van der Waals surface area contributed by atoms with Crippen molar-refractivity contribution in [3.05, 3.63) is 35.4 Å². The molecule has 8 nitrogen and oxygen atoms in total. The summed E-state index contributed by atoms with van der Waals surface area (Å²) in [6.45, 7) is 5.61. The number of hydrogen-bond donors (Lipinski definition) is 1. The van der Waals surface area contributed by atoms with Gasteiger partial charge < -0.3 is 14.5 Å². The molecule has 1 aromatic rings. The van der Waals surface area contributed by atoms with Crippen LogP contribution in [0.3, 0.4) is 0 Å². The monoisotopic (exact) mass is 412 g/mol. The molecule has 0 saturated carbocycles. The highest BCUT2D eigenvalue weighted by Crippen LogP contribution is 2.19. The van der Waals surface area contributed by atoms with Crippen molar-refractivity contribution < 1.29 is 17.9 Å². The fourth-order valence-electron chi connectivity index (χ4n) is 3.18. The minimum atomic E-state index is -3.62. The maximum atomic E-state index is 12.7. The Bertz CT molecular complexity index is 729. The molecule has 1 aliphatic heterocycles. The summed E-state index contributed by atoms with van der Waals surface area (Å²) in [6.07, 6.45) is 0.577. The molecular weight excluding hydrogens is 380 g/mol. The van der Waals surface area contributed by atoms with E-state index in [9.17, 15) is 13.2 Å². The summed E-state index contributed by atoms with van der Waals surface area (Å²) < 4.78 is 34.5. The first-order valence-electron chi connectivity index (χ1n) is 9.70. The zero-order chi connectivity index (χ0) is 20.7. The van der Waals surface area contributed by atoms with E-state index in [1.165, 1.54) is 14.8 Å². The molecule has 0 spiro atoms. The second-order valence-corrected chi connectivity index (χ2v) is 8.77. The highest BCUT2D eigenvalue weighted by atomic mass is 32.2. The van der Waals surface area contributed by atoms with Crippen LogP contribution in [0.5, 0.6) is 0 Å². The molecule has 1 fully saturated rings. The Kier molecular flexibility index (Phi) is 8.23. The molecule has 1 heterocycles. The Hall–Kier alpha value is -1.68. The van der Waals surface area contributed by atoms with Gasteiger partial charge in [-0.25, -0.2) is 9.52 Å². The number of amides is 1. The van der Waals surface area contributed by atoms with Crippen LogP contribution in [0, 0.1) is 0 Å². The van der Waals surface area contributed by atoms with E-state index in [1.54, 1.807) is 6.92 Å². The van der Waals surface area contributed by atoms with Gasteiger partial charge in [-0.1, -0.05) is 31.2 Å². The number of likely N-dealkylation sites (N-methyl/N-ethyl adjacent to an activating group) is 1. The molecule has 1 amide bonds. The third-order valence-corrected chi connectivity index (χ3v) is 6.54. The maximum absolute atomic E-state index is 12.7.